The molecule has 1 amide bonds. The van der Waals surface area contributed by atoms with E-state index in [0.717, 1.165) is 49.4 Å². The van der Waals surface area contributed by atoms with Gasteiger partial charge in [0.05, 0.1) is 23.3 Å². The van der Waals surface area contributed by atoms with Gasteiger partial charge in [0.2, 0.25) is 5.91 Å². The monoisotopic (exact) mass is 657 g/mol. The van der Waals surface area contributed by atoms with Gasteiger partial charge in [-0.15, -0.1) is 0 Å². The van der Waals surface area contributed by atoms with Gasteiger partial charge in [0, 0.05) is 18.6 Å². The first-order chi connectivity index (χ1) is 22.9. The summed E-state index contributed by atoms with van der Waals surface area (Å²) in [6, 6.07) is 16.0. The molecule has 11 heteroatoms. The van der Waals surface area contributed by atoms with Crippen LogP contribution in [-0.4, -0.2) is 76.1 Å². The molecule has 2 aromatic heterocycles. The standard InChI is InChI=1S/C37H48FN7O3/c1-24(2)33(39)35(46)41-29-14-16-30(17-15-29)45-36(47)32-21-28(38)22-40-34(32)44(37(45)48)31-9-6-8-27(20-31)26-12-10-25(11-13-26)23-43(5)19-7-18-42(3)4/h6,8-13,20-22,24,29-30,33H,7,14-19,23,39H2,1-5H3,(H,41,46). The average Bonchev–Trinajstić information content (AvgIpc) is 3.06. The third-order valence-electron chi connectivity index (χ3n) is 9.31. The normalized spacial score (nSPS) is 17.4. The minimum atomic E-state index is -0.651. The first-order valence-corrected chi connectivity index (χ1v) is 16.8. The maximum absolute atomic E-state index is 14.5. The van der Waals surface area contributed by atoms with Crippen molar-refractivity contribution in [3.63, 3.8) is 0 Å². The topological polar surface area (TPSA) is 118 Å². The van der Waals surface area contributed by atoms with E-state index in [-0.39, 0.29) is 28.9 Å². The first-order valence-electron chi connectivity index (χ1n) is 16.8. The van der Waals surface area contributed by atoms with Gasteiger partial charge >= 0.3 is 5.69 Å². The van der Waals surface area contributed by atoms with E-state index in [4.69, 9.17) is 5.73 Å². The molecule has 48 heavy (non-hydrogen) atoms. The summed E-state index contributed by atoms with van der Waals surface area (Å²) in [6.45, 7) is 6.70. The molecule has 0 saturated heterocycles. The predicted molar refractivity (Wildman–Crippen MR) is 189 cm³/mol. The summed E-state index contributed by atoms with van der Waals surface area (Å²) in [4.78, 5) is 49.2. The number of aromatic nitrogens is 3. The Morgan fingerprint density at radius 2 is 1.71 bits per heavy atom. The number of hydrogen-bond donors (Lipinski definition) is 2. The number of amides is 1. The van der Waals surface area contributed by atoms with Gasteiger partial charge in [-0.1, -0.05) is 50.2 Å². The molecule has 2 heterocycles. The number of carbonyl (C=O) groups excluding carboxylic acids is 1. The molecule has 1 unspecified atom stereocenters. The minimum Gasteiger partial charge on any atom is -0.352 e. The number of halogens is 1. The summed E-state index contributed by atoms with van der Waals surface area (Å²) in [7, 11) is 6.29. The molecule has 10 nitrogen and oxygen atoms in total. The van der Waals surface area contributed by atoms with Gasteiger partial charge in [-0.25, -0.2) is 18.7 Å². The number of pyridine rings is 1. The van der Waals surface area contributed by atoms with Gasteiger partial charge in [0.15, 0.2) is 5.65 Å². The highest BCUT2D eigenvalue weighted by molar-refractivity contribution is 5.82. The maximum Gasteiger partial charge on any atom is 0.337 e. The Bertz CT molecular complexity index is 1840. The van der Waals surface area contributed by atoms with Crippen molar-refractivity contribution in [3.8, 4) is 16.8 Å². The van der Waals surface area contributed by atoms with Crippen LogP contribution in [0.4, 0.5) is 4.39 Å². The van der Waals surface area contributed by atoms with Crippen LogP contribution in [0, 0.1) is 11.7 Å². The molecule has 1 aliphatic rings. The summed E-state index contributed by atoms with van der Waals surface area (Å²) in [5.41, 5.74) is 8.67. The molecule has 0 spiro atoms. The van der Waals surface area contributed by atoms with Crippen molar-refractivity contribution >= 4 is 16.9 Å². The highest BCUT2D eigenvalue weighted by Gasteiger charge is 2.29. The number of nitrogens with one attached hydrogen (secondary N) is 1. The average molecular weight is 658 g/mol. The fraction of sp³-hybridized carbons (Fsp3) is 0.459. The van der Waals surface area contributed by atoms with Crippen LogP contribution in [0.25, 0.3) is 27.8 Å². The van der Waals surface area contributed by atoms with Crippen molar-refractivity contribution < 1.29 is 9.18 Å². The molecule has 1 saturated carbocycles. The zero-order valence-electron chi connectivity index (χ0n) is 28.7. The van der Waals surface area contributed by atoms with Crippen molar-refractivity contribution in [2.75, 3.05) is 34.2 Å². The summed E-state index contributed by atoms with van der Waals surface area (Å²) >= 11 is 0. The molecule has 0 aliphatic heterocycles. The fourth-order valence-electron chi connectivity index (χ4n) is 6.49. The third kappa shape index (κ3) is 8.08. The summed E-state index contributed by atoms with van der Waals surface area (Å²) in [5, 5.41) is 3.06. The number of nitrogens with zero attached hydrogens (tertiary/aromatic N) is 5. The lowest BCUT2D eigenvalue weighted by Crippen LogP contribution is -2.49. The molecule has 2 aromatic carbocycles. The van der Waals surface area contributed by atoms with Crippen molar-refractivity contribution in [2.45, 2.75) is 70.6 Å². The second-order valence-electron chi connectivity index (χ2n) is 13.7. The lowest BCUT2D eigenvalue weighted by Gasteiger charge is -2.31. The number of hydrogen-bond acceptors (Lipinski definition) is 7. The van der Waals surface area contributed by atoms with Gasteiger partial charge in [0.1, 0.15) is 5.82 Å². The molecular weight excluding hydrogens is 609 g/mol. The van der Waals surface area contributed by atoms with Crippen LogP contribution < -0.4 is 22.3 Å². The lowest BCUT2D eigenvalue weighted by atomic mass is 9.90. The van der Waals surface area contributed by atoms with Gasteiger partial charge in [-0.3, -0.25) is 14.2 Å². The Labute approximate surface area is 281 Å². The third-order valence-corrected chi connectivity index (χ3v) is 9.31. The van der Waals surface area contributed by atoms with Gasteiger partial charge in [-0.05, 0) is 107 Å². The summed E-state index contributed by atoms with van der Waals surface area (Å²) in [5.74, 6) is -0.836. The van der Waals surface area contributed by atoms with Gasteiger partial charge in [0.25, 0.3) is 5.56 Å². The van der Waals surface area contributed by atoms with Crippen molar-refractivity contribution in [3.05, 3.63) is 93.0 Å². The molecule has 1 fully saturated rings. The fourth-order valence-corrected chi connectivity index (χ4v) is 6.49. The van der Waals surface area contributed by atoms with Gasteiger partial charge in [-0.2, -0.15) is 0 Å². The minimum absolute atomic E-state index is 0.0119. The van der Waals surface area contributed by atoms with Crippen LogP contribution in [0.1, 0.15) is 57.6 Å². The number of nitrogens with two attached hydrogens (primary N) is 1. The highest BCUT2D eigenvalue weighted by atomic mass is 19.1. The molecule has 1 aliphatic carbocycles. The number of benzene rings is 2. The van der Waals surface area contributed by atoms with E-state index in [1.54, 1.807) is 6.07 Å². The molecule has 0 bridgehead atoms. The SMILES string of the molecule is CC(C)C(N)C(=O)NC1CCC(n2c(=O)c3cc(F)cnc3n(-c3cccc(-c4ccc(CN(C)CCCN(C)C)cc4)c3)c2=O)CC1. The molecule has 0 radical (unpaired) electrons. The number of rotatable bonds is 12. The maximum atomic E-state index is 14.5. The number of carbonyl (C=O) groups is 1. The molecular formula is C37H48FN7O3. The molecule has 3 N–H and O–H groups in total. The smallest absolute Gasteiger partial charge is 0.337 e. The number of fused-ring (bicyclic) bond motifs is 1. The second-order valence-corrected chi connectivity index (χ2v) is 13.7. The summed E-state index contributed by atoms with van der Waals surface area (Å²) < 4.78 is 17.1. The van der Waals surface area contributed by atoms with Crippen molar-refractivity contribution in [2.24, 2.45) is 11.7 Å². The molecule has 4 aromatic rings. The van der Waals surface area contributed by atoms with E-state index in [9.17, 15) is 18.8 Å². The van der Waals surface area contributed by atoms with E-state index >= 15 is 0 Å². The van der Waals surface area contributed by atoms with Crippen LogP contribution in [-0.2, 0) is 11.3 Å². The predicted octanol–water partition coefficient (Wildman–Crippen LogP) is 4.32. The van der Waals surface area contributed by atoms with E-state index < -0.39 is 29.1 Å². The lowest BCUT2D eigenvalue weighted by molar-refractivity contribution is -0.124. The zero-order valence-corrected chi connectivity index (χ0v) is 28.7. The van der Waals surface area contributed by atoms with Crippen molar-refractivity contribution in [1.82, 2.24) is 29.2 Å². The van der Waals surface area contributed by atoms with E-state index in [1.165, 1.54) is 14.7 Å². The Balaban J connectivity index is 1.42. The molecule has 5 rings (SSSR count). The van der Waals surface area contributed by atoms with Crippen LogP contribution in [0.3, 0.4) is 0 Å². The Morgan fingerprint density at radius 3 is 2.38 bits per heavy atom. The molecule has 1 atom stereocenters. The van der Waals surface area contributed by atoms with E-state index in [0.29, 0.717) is 31.4 Å². The van der Waals surface area contributed by atoms with Crippen LogP contribution in [0.15, 0.2) is 70.4 Å². The molecule has 256 valence electrons. The Kier molecular flexibility index (Phi) is 11.2. The highest BCUT2D eigenvalue weighted by Crippen LogP contribution is 2.28. The van der Waals surface area contributed by atoms with E-state index in [1.807, 2.05) is 32.0 Å². The van der Waals surface area contributed by atoms with Gasteiger partial charge < -0.3 is 20.9 Å². The Morgan fingerprint density at radius 1 is 1.00 bits per heavy atom. The van der Waals surface area contributed by atoms with E-state index in [2.05, 4.69) is 65.5 Å². The quantitative estimate of drug-likeness (QED) is 0.233. The van der Waals surface area contributed by atoms with Crippen LogP contribution in [0.5, 0.6) is 0 Å². The summed E-state index contributed by atoms with van der Waals surface area (Å²) in [6.07, 6.45) is 4.31. The Hall–Kier alpha value is -4.19. The van der Waals surface area contributed by atoms with Crippen LogP contribution >= 0.6 is 0 Å². The zero-order chi connectivity index (χ0) is 34.5. The van der Waals surface area contributed by atoms with Crippen LogP contribution in [0.2, 0.25) is 0 Å². The first kappa shape index (κ1) is 35.1. The van der Waals surface area contributed by atoms with Crippen molar-refractivity contribution in [1.29, 1.82) is 0 Å². The second kappa shape index (κ2) is 15.4. The largest absolute Gasteiger partial charge is 0.352 e.